The maximum Gasteiger partial charge on any atom is 0.170 e. The fourth-order valence-corrected chi connectivity index (χ4v) is 2.57. The number of halogens is 2. The van der Waals surface area contributed by atoms with Gasteiger partial charge in [-0.2, -0.15) is 0 Å². The summed E-state index contributed by atoms with van der Waals surface area (Å²) < 4.78 is 5.60. The summed E-state index contributed by atoms with van der Waals surface area (Å²) in [4.78, 5) is 20.4. The van der Waals surface area contributed by atoms with Gasteiger partial charge in [0.1, 0.15) is 12.4 Å². The highest BCUT2D eigenvalue weighted by atomic mass is 35.5. The molecule has 0 spiro atoms. The molecule has 0 amide bonds. The van der Waals surface area contributed by atoms with E-state index in [4.69, 9.17) is 27.9 Å². The van der Waals surface area contributed by atoms with E-state index in [0.717, 1.165) is 0 Å². The van der Waals surface area contributed by atoms with E-state index in [2.05, 4.69) is 9.98 Å². The Balaban J connectivity index is 1.77. The largest absolute Gasteiger partial charge is 0.488 e. The molecule has 0 aliphatic carbocycles. The number of fused-ring (bicyclic) bond motifs is 1. The van der Waals surface area contributed by atoms with Crippen molar-refractivity contribution >= 4 is 40.4 Å². The Hall–Kier alpha value is -1.91. The molecule has 0 saturated carbocycles. The highest BCUT2D eigenvalue weighted by Crippen LogP contribution is 2.26. The smallest absolute Gasteiger partial charge is 0.170 e. The van der Waals surface area contributed by atoms with Crippen LogP contribution in [0.3, 0.4) is 0 Å². The molecule has 21 heavy (non-hydrogen) atoms. The van der Waals surface area contributed by atoms with Gasteiger partial charge in [0.15, 0.2) is 5.78 Å². The Bertz CT molecular complexity index is 724. The first-order valence-electron chi connectivity index (χ1n) is 6.24. The minimum atomic E-state index is 0.0186. The Morgan fingerprint density at radius 2 is 1.95 bits per heavy atom. The number of carbonyl (C=O) groups is 1. The SMILES string of the molecule is O=C1CC(COc2cc(Cl)cc(Cl)c2)=Nc2cnccc21. The Morgan fingerprint density at radius 1 is 1.19 bits per heavy atom. The van der Waals surface area contributed by atoms with Gasteiger partial charge in [-0.05, 0) is 24.3 Å². The van der Waals surface area contributed by atoms with Crippen molar-refractivity contribution < 1.29 is 9.53 Å². The van der Waals surface area contributed by atoms with Crippen LogP contribution in [-0.4, -0.2) is 23.1 Å². The number of ether oxygens (including phenoxy) is 1. The number of rotatable bonds is 3. The second kappa shape index (κ2) is 5.84. The lowest BCUT2D eigenvalue weighted by Gasteiger charge is -2.14. The number of benzene rings is 1. The van der Waals surface area contributed by atoms with Crippen LogP contribution < -0.4 is 4.74 Å². The topological polar surface area (TPSA) is 51.5 Å². The van der Waals surface area contributed by atoms with Crippen LogP contribution in [0.2, 0.25) is 10.0 Å². The number of carbonyl (C=O) groups excluding carboxylic acids is 1. The third-order valence-corrected chi connectivity index (χ3v) is 3.42. The molecule has 0 N–H and O–H groups in total. The number of pyridine rings is 1. The van der Waals surface area contributed by atoms with Crippen LogP contribution >= 0.6 is 23.2 Å². The predicted molar refractivity (Wildman–Crippen MR) is 82.2 cm³/mol. The van der Waals surface area contributed by atoms with Crippen LogP contribution in [0.15, 0.2) is 41.7 Å². The number of hydrogen-bond donors (Lipinski definition) is 0. The number of aliphatic imine (C=N–C) groups is 1. The highest BCUT2D eigenvalue weighted by Gasteiger charge is 2.20. The molecule has 0 fully saturated rings. The first kappa shape index (κ1) is 14.0. The van der Waals surface area contributed by atoms with E-state index in [0.29, 0.717) is 32.8 Å². The van der Waals surface area contributed by atoms with Crippen molar-refractivity contribution in [1.82, 2.24) is 4.98 Å². The summed E-state index contributed by atoms with van der Waals surface area (Å²) in [7, 11) is 0. The van der Waals surface area contributed by atoms with E-state index in [1.165, 1.54) is 0 Å². The number of nitrogens with zero attached hydrogens (tertiary/aromatic N) is 2. The van der Waals surface area contributed by atoms with Gasteiger partial charge in [-0.3, -0.25) is 14.8 Å². The zero-order valence-electron chi connectivity index (χ0n) is 10.8. The summed E-state index contributed by atoms with van der Waals surface area (Å²) in [6, 6.07) is 6.62. The van der Waals surface area contributed by atoms with Gasteiger partial charge in [0, 0.05) is 21.8 Å². The summed E-state index contributed by atoms with van der Waals surface area (Å²) in [5, 5.41) is 0.988. The van der Waals surface area contributed by atoms with Crippen molar-refractivity contribution in [2.45, 2.75) is 6.42 Å². The van der Waals surface area contributed by atoms with Crippen molar-refractivity contribution in [2.75, 3.05) is 6.61 Å². The molecule has 0 radical (unpaired) electrons. The molecule has 0 unspecified atom stereocenters. The zero-order valence-corrected chi connectivity index (χ0v) is 12.4. The van der Waals surface area contributed by atoms with Crippen LogP contribution in [-0.2, 0) is 0 Å². The standard InChI is InChI=1S/C15H10Cl2N2O2/c16-9-3-10(17)5-12(4-9)21-8-11-6-15(20)13-1-2-18-7-14(13)19-11/h1-5,7H,6,8H2. The van der Waals surface area contributed by atoms with E-state index in [1.807, 2.05) is 0 Å². The fraction of sp³-hybridized carbons (Fsp3) is 0.133. The Labute approximate surface area is 131 Å². The van der Waals surface area contributed by atoms with Crippen LogP contribution in [0, 0.1) is 0 Å². The monoisotopic (exact) mass is 320 g/mol. The van der Waals surface area contributed by atoms with Crippen LogP contribution in [0.1, 0.15) is 16.8 Å². The summed E-state index contributed by atoms with van der Waals surface area (Å²) in [5.41, 5.74) is 1.83. The summed E-state index contributed by atoms with van der Waals surface area (Å²) in [5.74, 6) is 0.560. The second-order valence-corrected chi connectivity index (χ2v) is 5.44. The van der Waals surface area contributed by atoms with Gasteiger partial charge in [-0.1, -0.05) is 23.2 Å². The van der Waals surface area contributed by atoms with Gasteiger partial charge < -0.3 is 4.74 Å². The normalized spacial score (nSPS) is 13.6. The van der Waals surface area contributed by atoms with Gasteiger partial charge in [0.25, 0.3) is 0 Å². The quantitative estimate of drug-likeness (QED) is 0.854. The molecule has 0 atom stereocenters. The number of ketones is 1. The molecule has 6 heteroatoms. The second-order valence-electron chi connectivity index (χ2n) is 4.56. The van der Waals surface area contributed by atoms with Crippen molar-refractivity contribution in [1.29, 1.82) is 0 Å². The molecular weight excluding hydrogens is 311 g/mol. The Kier molecular flexibility index (Phi) is 3.90. The van der Waals surface area contributed by atoms with Gasteiger partial charge in [0.2, 0.25) is 0 Å². The van der Waals surface area contributed by atoms with E-state index >= 15 is 0 Å². The van der Waals surface area contributed by atoms with E-state index in [-0.39, 0.29) is 18.8 Å². The molecule has 0 bridgehead atoms. The van der Waals surface area contributed by atoms with E-state index in [9.17, 15) is 4.79 Å². The first-order chi connectivity index (χ1) is 10.1. The van der Waals surface area contributed by atoms with Gasteiger partial charge in [0.05, 0.1) is 24.0 Å². The number of aromatic nitrogens is 1. The average molecular weight is 321 g/mol. The lowest BCUT2D eigenvalue weighted by molar-refractivity contribution is 0.0998. The molecule has 0 saturated heterocycles. The van der Waals surface area contributed by atoms with Crippen molar-refractivity contribution in [3.05, 3.63) is 52.3 Å². The molecule has 2 heterocycles. The van der Waals surface area contributed by atoms with Crippen molar-refractivity contribution in [2.24, 2.45) is 4.99 Å². The molecule has 2 aromatic rings. The lowest BCUT2D eigenvalue weighted by atomic mass is 10.0. The highest BCUT2D eigenvalue weighted by molar-refractivity contribution is 6.34. The minimum absolute atomic E-state index is 0.0186. The number of hydrogen-bond acceptors (Lipinski definition) is 4. The van der Waals surface area contributed by atoms with E-state index < -0.39 is 0 Å². The zero-order chi connectivity index (χ0) is 14.8. The third-order valence-electron chi connectivity index (χ3n) is 2.99. The molecular formula is C15H10Cl2N2O2. The lowest BCUT2D eigenvalue weighted by Crippen LogP contribution is -2.19. The summed E-state index contributed by atoms with van der Waals surface area (Å²) in [6.45, 7) is 0.205. The fourth-order valence-electron chi connectivity index (χ4n) is 2.06. The maximum atomic E-state index is 12.0. The molecule has 1 aromatic carbocycles. The van der Waals surface area contributed by atoms with Crippen LogP contribution in [0.5, 0.6) is 5.75 Å². The Morgan fingerprint density at radius 3 is 2.71 bits per heavy atom. The van der Waals surface area contributed by atoms with Gasteiger partial charge in [-0.15, -0.1) is 0 Å². The maximum absolute atomic E-state index is 12.0. The van der Waals surface area contributed by atoms with Gasteiger partial charge in [-0.25, -0.2) is 0 Å². The van der Waals surface area contributed by atoms with E-state index in [1.54, 1.807) is 36.7 Å². The average Bonchev–Trinajstić information content (AvgIpc) is 2.44. The van der Waals surface area contributed by atoms with Crippen molar-refractivity contribution in [3.63, 3.8) is 0 Å². The molecule has 1 aliphatic heterocycles. The third kappa shape index (κ3) is 3.23. The van der Waals surface area contributed by atoms with Crippen LogP contribution in [0.25, 0.3) is 0 Å². The molecule has 106 valence electrons. The molecule has 3 rings (SSSR count). The molecule has 1 aromatic heterocycles. The van der Waals surface area contributed by atoms with Crippen molar-refractivity contribution in [3.8, 4) is 5.75 Å². The number of Topliss-reactive ketones (excluding diaryl/α,β-unsaturated/α-hetero) is 1. The molecule has 1 aliphatic rings. The minimum Gasteiger partial charge on any atom is -0.488 e. The summed E-state index contributed by atoms with van der Waals surface area (Å²) >= 11 is 11.8. The summed E-state index contributed by atoms with van der Waals surface area (Å²) in [6.07, 6.45) is 3.40. The van der Waals surface area contributed by atoms with Crippen LogP contribution in [0.4, 0.5) is 5.69 Å². The first-order valence-corrected chi connectivity index (χ1v) is 7.00. The molecule has 4 nitrogen and oxygen atoms in total. The predicted octanol–water partition coefficient (Wildman–Crippen LogP) is 4.13. The van der Waals surface area contributed by atoms with Gasteiger partial charge >= 0.3 is 0 Å².